The van der Waals surface area contributed by atoms with Crippen molar-refractivity contribution < 1.29 is 14.2 Å². The molecular formula is C19H19N3O3. The molecule has 0 amide bonds. The van der Waals surface area contributed by atoms with Crippen molar-refractivity contribution >= 4 is 5.95 Å². The SMILES string of the molecule is COc1ccc(-c2cc(-c3ccc(OC)cc3OC)nc(N)n2)cc1. The fraction of sp³-hybridized carbons (Fsp3) is 0.158. The number of nitrogens with zero attached hydrogens (tertiary/aromatic N) is 2. The van der Waals surface area contributed by atoms with Crippen molar-refractivity contribution in [3.05, 3.63) is 48.5 Å². The van der Waals surface area contributed by atoms with Crippen molar-refractivity contribution in [3.8, 4) is 39.8 Å². The van der Waals surface area contributed by atoms with Crippen molar-refractivity contribution in [3.63, 3.8) is 0 Å². The minimum absolute atomic E-state index is 0.196. The number of rotatable bonds is 5. The lowest BCUT2D eigenvalue weighted by molar-refractivity contribution is 0.395. The molecule has 0 bridgehead atoms. The van der Waals surface area contributed by atoms with Crippen LogP contribution in [0.2, 0.25) is 0 Å². The first-order valence-electron chi connectivity index (χ1n) is 7.66. The van der Waals surface area contributed by atoms with Crippen molar-refractivity contribution in [2.75, 3.05) is 27.1 Å². The van der Waals surface area contributed by atoms with Crippen LogP contribution in [-0.2, 0) is 0 Å². The molecule has 128 valence electrons. The summed E-state index contributed by atoms with van der Waals surface area (Å²) in [7, 11) is 4.85. The molecule has 1 aromatic heterocycles. The number of methoxy groups -OCH3 is 3. The van der Waals surface area contributed by atoms with Crippen LogP contribution in [0.25, 0.3) is 22.5 Å². The monoisotopic (exact) mass is 337 g/mol. The zero-order valence-corrected chi connectivity index (χ0v) is 14.3. The number of hydrogen-bond acceptors (Lipinski definition) is 6. The molecule has 0 aliphatic carbocycles. The molecule has 0 saturated heterocycles. The van der Waals surface area contributed by atoms with E-state index in [1.54, 1.807) is 27.4 Å². The highest BCUT2D eigenvalue weighted by Gasteiger charge is 2.12. The Kier molecular flexibility index (Phi) is 4.70. The van der Waals surface area contributed by atoms with Gasteiger partial charge in [0.15, 0.2) is 0 Å². The van der Waals surface area contributed by atoms with Gasteiger partial charge in [0, 0.05) is 17.2 Å². The van der Waals surface area contributed by atoms with Gasteiger partial charge in [0.2, 0.25) is 5.95 Å². The van der Waals surface area contributed by atoms with Gasteiger partial charge in [0.05, 0.1) is 32.7 Å². The Balaban J connectivity index is 2.07. The third-order valence-corrected chi connectivity index (χ3v) is 3.81. The summed E-state index contributed by atoms with van der Waals surface area (Å²) in [4.78, 5) is 8.68. The molecule has 6 heteroatoms. The van der Waals surface area contributed by atoms with Gasteiger partial charge in [-0.3, -0.25) is 0 Å². The maximum atomic E-state index is 5.93. The van der Waals surface area contributed by atoms with E-state index < -0.39 is 0 Å². The highest BCUT2D eigenvalue weighted by atomic mass is 16.5. The summed E-state index contributed by atoms with van der Waals surface area (Å²) in [6.45, 7) is 0. The normalized spacial score (nSPS) is 10.4. The van der Waals surface area contributed by atoms with Crippen LogP contribution in [0.15, 0.2) is 48.5 Å². The minimum atomic E-state index is 0.196. The van der Waals surface area contributed by atoms with Gasteiger partial charge < -0.3 is 19.9 Å². The molecule has 2 aromatic carbocycles. The number of benzene rings is 2. The molecule has 0 spiro atoms. The molecule has 0 fully saturated rings. The van der Waals surface area contributed by atoms with Crippen LogP contribution in [-0.4, -0.2) is 31.3 Å². The van der Waals surface area contributed by atoms with Gasteiger partial charge in [-0.15, -0.1) is 0 Å². The number of nitrogen functional groups attached to an aromatic ring is 1. The van der Waals surface area contributed by atoms with Crippen LogP contribution in [0, 0.1) is 0 Å². The van der Waals surface area contributed by atoms with Gasteiger partial charge in [-0.05, 0) is 42.5 Å². The van der Waals surface area contributed by atoms with Crippen molar-refractivity contribution in [2.24, 2.45) is 0 Å². The fourth-order valence-electron chi connectivity index (χ4n) is 2.52. The van der Waals surface area contributed by atoms with E-state index >= 15 is 0 Å². The Hall–Kier alpha value is -3.28. The number of hydrogen-bond donors (Lipinski definition) is 1. The van der Waals surface area contributed by atoms with Crippen LogP contribution < -0.4 is 19.9 Å². The molecule has 0 atom stereocenters. The van der Waals surface area contributed by atoms with E-state index in [2.05, 4.69) is 9.97 Å². The Bertz CT molecular complexity index is 880. The standard InChI is InChI=1S/C19H19N3O3/c1-23-13-6-4-12(5-7-13)16-11-17(22-19(20)21-16)15-9-8-14(24-2)10-18(15)25-3/h4-11H,1-3H3,(H2,20,21,22). The van der Waals surface area contributed by atoms with E-state index in [1.165, 1.54) is 0 Å². The van der Waals surface area contributed by atoms with E-state index in [-0.39, 0.29) is 5.95 Å². The molecule has 6 nitrogen and oxygen atoms in total. The van der Waals surface area contributed by atoms with Crippen molar-refractivity contribution in [1.29, 1.82) is 0 Å². The Morgan fingerprint density at radius 2 is 1.36 bits per heavy atom. The van der Waals surface area contributed by atoms with Gasteiger partial charge in [-0.2, -0.15) is 0 Å². The number of nitrogens with two attached hydrogens (primary N) is 1. The predicted octanol–water partition coefficient (Wildman–Crippen LogP) is 3.42. The summed E-state index contributed by atoms with van der Waals surface area (Å²) in [5, 5.41) is 0. The number of ether oxygens (including phenoxy) is 3. The smallest absolute Gasteiger partial charge is 0.221 e. The van der Waals surface area contributed by atoms with E-state index in [0.717, 1.165) is 22.6 Å². The molecule has 0 aliphatic heterocycles. The molecule has 2 N–H and O–H groups in total. The first kappa shape index (κ1) is 16.6. The number of aromatic nitrogens is 2. The van der Waals surface area contributed by atoms with Gasteiger partial charge >= 0.3 is 0 Å². The molecule has 3 rings (SSSR count). The summed E-state index contributed by atoms with van der Waals surface area (Å²) >= 11 is 0. The summed E-state index contributed by atoms with van der Waals surface area (Å²) in [6.07, 6.45) is 0. The molecule has 1 heterocycles. The largest absolute Gasteiger partial charge is 0.497 e. The van der Waals surface area contributed by atoms with E-state index in [0.29, 0.717) is 17.2 Å². The van der Waals surface area contributed by atoms with Crippen LogP contribution in [0.5, 0.6) is 17.2 Å². The Morgan fingerprint density at radius 1 is 0.720 bits per heavy atom. The molecule has 25 heavy (non-hydrogen) atoms. The average molecular weight is 337 g/mol. The summed E-state index contributed by atoms with van der Waals surface area (Å²) in [6, 6.07) is 15.0. The van der Waals surface area contributed by atoms with Gasteiger partial charge in [0.25, 0.3) is 0 Å². The second-order valence-electron chi connectivity index (χ2n) is 5.29. The predicted molar refractivity (Wildman–Crippen MR) is 97.0 cm³/mol. The molecule has 0 saturated carbocycles. The van der Waals surface area contributed by atoms with Gasteiger partial charge in [0.1, 0.15) is 17.2 Å². The minimum Gasteiger partial charge on any atom is -0.497 e. The van der Waals surface area contributed by atoms with Crippen LogP contribution >= 0.6 is 0 Å². The quantitative estimate of drug-likeness (QED) is 0.768. The van der Waals surface area contributed by atoms with Crippen molar-refractivity contribution in [1.82, 2.24) is 9.97 Å². The Morgan fingerprint density at radius 3 is 2.00 bits per heavy atom. The molecular weight excluding hydrogens is 318 g/mol. The molecule has 3 aromatic rings. The highest BCUT2D eigenvalue weighted by Crippen LogP contribution is 2.34. The first-order chi connectivity index (χ1) is 12.1. The summed E-state index contributed by atoms with van der Waals surface area (Å²) in [5.74, 6) is 2.33. The van der Waals surface area contributed by atoms with Crippen molar-refractivity contribution in [2.45, 2.75) is 0 Å². The third kappa shape index (κ3) is 3.47. The van der Waals surface area contributed by atoms with Gasteiger partial charge in [-0.25, -0.2) is 9.97 Å². The molecule has 0 aliphatic rings. The topological polar surface area (TPSA) is 79.5 Å². The third-order valence-electron chi connectivity index (χ3n) is 3.81. The summed E-state index contributed by atoms with van der Waals surface area (Å²) < 4.78 is 15.9. The van der Waals surface area contributed by atoms with E-state index in [1.807, 2.05) is 42.5 Å². The lowest BCUT2D eigenvalue weighted by Gasteiger charge is -2.11. The average Bonchev–Trinajstić information content (AvgIpc) is 2.67. The second-order valence-corrected chi connectivity index (χ2v) is 5.29. The maximum Gasteiger partial charge on any atom is 0.221 e. The van der Waals surface area contributed by atoms with E-state index in [4.69, 9.17) is 19.9 Å². The lowest BCUT2D eigenvalue weighted by Crippen LogP contribution is -2.00. The molecule has 0 unspecified atom stereocenters. The van der Waals surface area contributed by atoms with Gasteiger partial charge in [-0.1, -0.05) is 0 Å². The van der Waals surface area contributed by atoms with Crippen LogP contribution in [0.4, 0.5) is 5.95 Å². The molecule has 0 radical (unpaired) electrons. The lowest BCUT2D eigenvalue weighted by atomic mass is 10.1. The number of anilines is 1. The maximum absolute atomic E-state index is 5.93. The van der Waals surface area contributed by atoms with Crippen LogP contribution in [0.1, 0.15) is 0 Å². The zero-order chi connectivity index (χ0) is 17.8. The zero-order valence-electron chi connectivity index (χ0n) is 14.3. The first-order valence-corrected chi connectivity index (χ1v) is 7.66. The summed E-state index contributed by atoms with van der Waals surface area (Å²) in [5.41, 5.74) is 9.06. The second kappa shape index (κ2) is 7.09. The fourth-order valence-corrected chi connectivity index (χ4v) is 2.52. The van der Waals surface area contributed by atoms with Crippen LogP contribution in [0.3, 0.4) is 0 Å². The Labute approximate surface area is 146 Å². The van der Waals surface area contributed by atoms with E-state index in [9.17, 15) is 0 Å². The highest BCUT2D eigenvalue weighted by molar-refractivity contribution is 5.74.